The Morgan fingerprint density at radius 2 is 2.00 bits per heavy atom. The minimum Gasteiger partial charge on any atom is -0.411 e. The van der Waals surface area contributed by atoms with Crippen LogP contribution in [0.5, 0.6) is 0 Å². The summed E-state index contributed by atoms with van der Waals surface area (Å²) in [7, 11) is 0. The highest BCUT2D eigenvalue weighted by Crippen LogP contribution is 2.07. The lowest BCUT2D eigenvalue weighted by molar-refractivity contribution is 0.318. The highest BCUT2D eigenvalue weighted by molar-refractivity contribution is 5.97. The standard InChI is InChI=1S/C7H13NO/c1-5(2)6(3)7(4)8-9/h5,9H,3H2,1-2,4H3/b8-7+. The minimum absolute atomic E-state index is 0.362. The van der Waals surface area contributed by atoms with E-state index in [2.05, 4.69) is 11.7 Å². The number of rotatable bonds is 2. The summed E-state index contributed by atoms with van der Waals surface area (Å²) in [6.07, 6.45) is 0. The lowest BCUT2D eigenvalue weighted by atomic mass is 10.0. The smallest absolute Gasteiger partial charge is 0.0793 e. The van der Waals surface area contributed by atoms with Crippen LogP contribution in [0.4, 0.5) is 0 Å². The van der Waals surface area contributed by atoms with Gasteiger partial charge in [0.1, 0.15) is 0 Å². The first-order valence-electron chi connectivity index (χ1n) is 2.97. The average molecular weight is 127 g/mol. The van der Waals surface area contributed by atoms with Crippen molar-refractivity contribution in [3.8, 4) is 0 Å². The Kier molecular flexibility index (Phi) is 2.99. The Labute approximate surface area is 55.9 Å². The van der Waals surface area contributed by atoms with Gasteiger partial charge in [-0.05, 0) is 18.4 Å². The predicted octanol–water partition coefficient (Wildman–Crippen LogP) is 2.05. The van der Waals surface area contributed by atoms with E-state index in [4.69, 9.17) is 5.21 Å². The molecule has 0 fully saturated rings. The van der Waals surface area contributed by atoms with E-state index < -0.39 is 0 Å². The van der Waals surface area contributed by atoms with E-state index in [-0.39, 0.29) is 0 Å². The highest BCUT2D eigenvalue weighted by atomic mass is 16.4. The number of oxime groups is 1. The van der Waals surface area contributed by atoms with Crippen LogP contribution in [0.2, 0.25) is 0 Å². The van der Waals surface area contributed by atoms with Gasteiger partial charge >= 0.3 is 0 Å². The monoisotopic (exact) mass is 127 g/mol. The molecule has 0 saturated heterocycles. The molecule has 52 valence electrons. The quantitative estimate of drug-likeness (QED) is 0.343. The second-order valence-corrected chi connectivity index (χ2v) is 2.37. The molecule has 0 heterocycles. The largest absolute Gasteiger partial charge is 0.411 e. The van der Waals surface area contributed by atoms with E-state index in [0.29, 0.717) is 11.6 Å². The van der Waals surface area contributed by atoms with Crippen LogP contribution in [-0.4, -0.2) is 10.9 Å². The molecule has 0 aliphatic heterocycles. The minimum atomic E-state index is 0.362. The Bertz CT molecular complexity index is 136. The third-order valence-electron chi connectivity index (χ3n) is 1.31. The predicted molar refractivity (Wildman–Crippen MR) is 38.9 cm³/mol. The van der Waals surface area contributed by atoms with Crippen molar-refractivity contribution in [2.24, 2.45) is 11.1 Å². The summed E-state index contributed by atoms with van der Waals surface area (Å²) in [6.45, 7) is 9.49. The van der Waals surface area contributed by atoms with E-state index in [0.717, 1.165) is 5.57 Å². The molecular formula is C7H13NO. The van der Waals surface area contributed by atoms with E-state index in [1.807, 2.05) is 13.8 Å². The van der Waals surface area contributed by atoms with Crippen molar-refractivity contribution >= 4 is 5.71 Å². The fourth-order valence-corrected chi connectivity index (χ4v) is 0.482. The third-order valence-corrected chi connectivity index (χ3v) is 1.31. The van der Waals surface area contributed by atoms with Gasteiger partial charge in [-0.15, -0.1) is 0 Å². The topological polar surface area (TPSA) is 32.6 Å². The SMILES string of the molecule is C=C(/C(C)=N/O)C(C)C. The first kappa shape index (κ1) is 8.21. The highest BCUT2D eigenvalue weighted by Gasteiger charge is 2.02. The van der Waals surface area contributed by atoms with Gasteiger partial charge in [-0.2, -0.15) is 0 Å². The molecule has 1 N–H and O–H groups in total. The Morgan fingerprint density at radius 1 is 1.56 bits per heavy atom. The molecule has 0 bridgehead atoms. The van der Waals surface area contributed by atoms with Crippen LogP contribution < -0.4 is 0 Å². The summed E-state index contributed by atoms with van der Waals surface area (Å²) in [5.41, 5.74) is 1.50. The van der Waals surface area contributed by atoms with Gasteiger partial charge in [0.15, 0.2) is 0 Å². The molecule has 0 amide bonds. The molecule has 0 aliphatic carbocycles. The summed E-state index contributed by atoms with van der Waals surface area (Å²) < 4.78 is 0. The lowest BCUT2D eigenvalue weighted by Gasteiger charge is -2.05. The first-order valence-corrected chi connectivity index (χ1v) is 2.97. The van der Waals surface area contributed by atoms with Crippen LogP contribution in [-0.2, 0) is 0 Å². The van der Waals surface area contributed by atoms with Gasteiger partial charge in [0.05, 0.1) is 5.71 Å². The van der Waals surface area contributed by atoms with Gasteiger partial charge in [-0.1, -0.05) is 25.6 Å². The van der Waals surface area contributed by atoms with Crippen molar-refractivity contribution in [1.29, 1.82) is 0 Å². The molecule has 2 heteroatoms. The maximum absolute atomic E-state index is 8.28. The van der Waals surface area contributed by atoms with E-state index in [1.165, 1.54) is 0 Å². The lowest BCUT2D eigenvalue weighted by Crippen LogP contribution is -2.02. The van der Waals surface area contributed by atoms with Gasteiger partial charge in [0.2, 0.25) is 0 Å². The summed E-state index contributed by atoms with van der Waals surface area (Å²) in [6, 6.07) is 0. The molecule has 0 atom stereocenters. The van der Waals surface area contributed by atoms with Crippen molar-refractivity contribution < 1.29 is 5.21 Å². The Balaban J connectivity index is 4.06. The number of hydrogen-bond donors (Lipinski definition) is 1. The van der Waals surface area contributed by atoms with Crippen LogP contribution in [0.15, 0.2) is 17.3 Å². The molecule has 0 aliphatic rings. The molecule has 0 aromatic heterocycles. The fraction of sp³-hybridized carbons (Fsp3) is 0.571. The van der Waals surface area contributed by atoms with Crippen LogP contribution in [0, 0.1) is 5.92 Å². The average Bonchev–Trinajstić information content (AvgIpc) is 1.84. The van der Waals surface area contributed by atoms with Crippen LogP contribution in [0.1, 0.15) is 20.8 Å². The summed E-state index contributed by atoms with van der Waals surface area (Å²) >= 11 is 0. The van der Waals surface area contributed by atoms with E-state index in [9.17, 15) is 0 Å². The van der Waals surface area contributed by atoms with E-state index in [1.54, 1.807) is 6.92 Å². The van der Waals surface area contributed by atoms with Crippen molar-refractivity contribution in [3.63, 3.8) is 0 Å². The second-order valence-electron chi connectivity index (χ2n) is 2.37. The number of nitrogens with zero attached hydrogens (tertiary/aromatic N) is 1. The van der Waals surface area contributed by atoms with Crippen molar-refractivity contribution in [2.75, 3.05) is 0 Å². The molecule has 0 radical (unpaired) electrons. The normalized spacial score (nSPS) is 12.2. The number of allylic oxidation sites excluding steroid dienone is 1. The second kappa shape index (κ2) is 3.28. The zero-order chi connectivity index (χ0) is 7.44. The Hall–Kier alpha value is -0.790. The zero-order valence-corrected chi connectivity index (χ0v) is 6.18. The summed E-state index contributed by atoms with van der Waals surface area (Å²) in [5, 5.41) is 11.3. The number of hydrogen-bond acceptors (Lipinski definition) is 2. The molecule has 0 aromatic rings. The maximum atomic E-state index is 8.28. The molecule has 0 aromatic carbocycles. The Morgan fingerprint density at radius 3 is 2.11 bits per heavy atom. The van der Waals surface area contributed by atoms with Gasteiger partial charge < -0.3 is 5.21 Å². The first-order chi connectivity index (χ1) is 4.09. The van der Waals surface area contributed by atoms with Gasteiger partial charge in [0, 0.05) is 0 Å². The fourth-order valence-electron chi connectivity index (χ4n) is 0.482. The molecule has 0 unspecified atom stereocenters. The van der Waals surface area contributed by atoms with Gasteiger partial charge in [-0.3, -0.25) is 0 Å². The third kappa shape index (κ3) is 2.31. The van der Waals surface area contributed by atoms with Gasteiger partial charge in [-0.25, -0.2) is 0 Å². The van der Waals surface area contributed by atoms with E-state index >= 15 is 0 Å². The molecule has 9 heavy (non-hydrogen) atoms. The van der Waals surface area contributed by atoms with Crippen molar-refractivity contribution in [2.45, 2.75) is 20.8 Å². The molecular weight excluding hydrogens is 114 g/mol. The van der Waals surface area contributed by atoms with Gasteiger partial charge in [0.25, 0.3) is 0 Å². The van der Waals surface area contributed by atoms with Crippen LogP contribution in [0.25, 0.3) is 0 Å². The van der Waals surface area contributed by atoms with Crippen molar-refractivity contribution in [3.05, 3.63) is 12.2 Å². The molecule has 0 spiro atoms. The van der Waals surface area contributed by atoms with Crippen LogP contribution >= 0.6 is 0 Å². The zero-order valence-electron chi connectivity index (χ0n) is 6.18. The molecule has 0 saturated carbocycles. The van der Waals surface area contributed by atoms with Crippen molar-refractivity contribution in [1.82, 2.24) is 0 Å². The summed E-state index contributed by atoms with van der Waals surface area (Å²) in [5.74, 6) is 0.362. The van der Waals surface area contributed by atoms with Crippen LogP contribution in [0.3, 0.4) is 0 Å². The maximum Gasteiger partial charge on any atom is 0.0793 e. The molecule has 0 rings (SSSR count). The molecule has 2 nitrogen and oxygen atoms in total. The summed E-state index contributed by atoms with van der Waals surface area (Å²) in [4.78, 5) is 0.